The number of hydrogen-bond donors (Lipinski definition) is 4. The largest absolute Gasteiger partial charge is 0.506 e. The number of aliphatic hydroxyl groups is 1. The van der Waals surface area contributed by atoms with Crippen LogP contribution in [0.1, 0.15) is 60.9 Å². The highest BCUT2D eigenvalue weighted by atomic mass is 32.2. The molecule has 0 aliphatic heterocycles. The number of anilines is 1. The number of phenols is 1. The molecule has 0 spiro atoms. The van der Waals surface area contributed by atoms with Crippen molar-refractivity contribution in [2.45, 2.75) is 57.1 Å². The number of nitrogens with one attached hydrogen (secondary N) is 2. The molecule has 0 saturated heterocycles. The van der Waals surface area contributed by atoms with Gasteiger partial charge in [0, 0.05) is 30.6 Å². The maximum absolute atomic E-state index is 11.8. The van der Waals surface area contributed by atoms with Gasteiger partial charge in [-0.25, -0.2) is 8.42 Å². The van der Waals surface area contributed by atoms with Crippen molar-refractivity contribution in [1.82, 2.24) is 5.32 Å². The molecule has 2 aromatic carbocycles. The van der Waals surface area contributed by atoms with Crippen molar-refractivity contribution < 1.29 is 28.2 Å². The molecule has 1 saturated carbocycles. The molecule has 2 aromatic rings. The first kappa shape index (κ1) is 26.0. The number of phenolic OH excluding ortho intramolecular Hbond substituents is 1. The Bertz CT molecular complexity index is 1060. The summed E-state index contributed by atoms with van der Waals surface area (Å²) in [6.07, 6.45) is 4.89. The van der Waals surface area contributed by atoms with Crippen molar-refractivity contribution in [3.8, 4) is 11.5 Å². The standard InChI is InChI=1S/C25H34N2O6S/c1-3-24(29)19-6-4-17(5-7-19)18-8-10-20(11-9-18)26-15-21(28)16-33-22-12-13-25(30)23(14-22)27-34(2,31)32/h4-7,12-14,18,20-21,26-28,30H,3,8-11,15-16H2,1-2H3/t18?,20?,21-/m0/s1. The summed E-state index contributed by atoms with van der Waals surface area (Å²) in [5.74, 6) is 0.788. The summed E-state index contributed by atoms with van der Waals surface area (Å²) < 4.78 is 30.6. The third kappa shape index (κ3) is 7.72. The molecule has 0 unspecified atom stereocenters. The highest BCUT2D eigenvalue weighted by Gasteiger charge is 2.23. The molecule has 1 atom stereocenters. The van der Waals surface area contributed by atoms with E-state index in [2.05, 4.69) is 22.2 Å². The van der Waals surface area contributed by atoms with Gasteiger partial charge in [-0.15, -0.1) is 0 Å². The zero-order chi connectivity index (χ0) is 24.7. The van der Waals surface area contributed by atoms with Crippen molar-refractivity contribution in [2.24, 2.45) is 0 Å². The van der Waals surface area contributed by atoms with Crippen LogP contribution in [-0.2, 0) is 10.0 Å². The van der Waals surface area contributed by atoms with Crippen LogP contribution < -0.4 is 14.8 Å². The number of sulfonamides is 1. The Hall–Kier alpha value is -2.62. The topological polar surface area (TPSA) is 125 Å². The molecule has 0 radical (unpaired) electrons. The van der Waals surface area contributed by atoms with Gasteiger partial charge in [-0.05, 0) is 49.3 Å². The Morgan fingerprint density at radius 2 is 1.79 bits per heavy atom. The predicted molar refractivity (Wildman–Crippen MR) is 132 cm³/mol. The number of ketones is 1. The van der Waals surface area contributed by atoms with E-state index in [1.54, 1.807) is 0 Å². The van der Waals surface area contributed by atoms with E-state index < -0.39 is 16.1 Å². The molecule has 9 heteroatoms. The number of aliphatic hydroxyl groups excluding tert-OH is 1. The van der Waals surface area contributed by atoms with Crippen molar-refractivity contribution in [1.29, 1.82) is 0 Å². The lowest BCUT2D eigenvalue weighted by atomic mass is 9.81. The number of benzene rings is 2. The Kier molecular flexibility index (Phi) is 8.93. The minimum Gasteiger partial charge on any atom is -0.506 e. The third-order valence-electron chi connectivity index (χ3n) is 6.10. The monoisotopic (exact) mass is 490 g/mol. The van der Waals surface area contributed by atoms with Gasteiger partial charge in [0.25, 0.3) is 0 Å². The zero-order valence-corrected chi connectivity index (χ0v) is 20.5. The number of carbonyl (C=O) groups excluding carboxylic acids is 1. The Balaban J connectivity index is 1.40. The second-order valence-electron chi connectivity index (χ2n) is 8.87. The first-order valence-electron chi connectivity index (χ1n) is 11.6. The highest BCUT2D eigenvalue weighted by molar-refractivity contribution is 7.92. The van der Waals surface area contributed by atoms with Crippen molar-refractivity contribution in [3.63, 3.8) is 0 Å². The smallest absolute Gasteiger partial charge is 0.229 e. The van der Waals surface area contributed by atoms with Gasteiger partial charge in [0.05, 0.1) is 11.9 Å². The first-order valence-corrected chi connectivity index (χ1v) is 13.5. The second kappa shape index (κ2) is 11.7. The predicted octanol–water partition coefficient (Wildman–Crippen LogP) is 3.41. The molecule has 0 aromatic heterocycles. The van der Waals surface area contributed by atoms with Crippen molar-refractivity contribution in [3.05, 3.63) is 53.6 Å². The van der Waals surface area contributed by atoms with E-state index >= 15 is 0 Å². The summed E-state index contributed by atoms with van der Waals surface area (Å²) in [5, 5.41) is 23.5. The van der Waals surface area contributed by atoms with E-state index in [1.807, 2.05) is 19.1 Å². The van der Waals surface area contributed by atoms with E-state index in [-0.39, 0.29) is 23.8 Å². The number of rotatable bonds is 11. The summed E-state index contributed by atoms with van der Waals surface area (Å²) >= 11 is 0. The highest BCUT2D eigenvalue weighted by Crippen LogP contribution is 2.33. The normalized spacial score (nSPS) is 19.4. The van der Waals surface area contributed by atoms with Crippen molar-refractivity contribution >= 4 is 21.5 Å². The number of carbonyl (C=O) groups is 1. The molecule has 4 N–H and O–H groups in total. The number of aromatic hydroxyl groups is 1. The van der Waals surface area contributed by atoms with Crippen molar-refractivity contribution in [2.75, 3.05) is 24.1 Å². The minimum atomic E-state index is -3.54. The third-order valence-corrected chi connectivity index (χ3v) is 6.69. The van der Waals surface area contributed by atoms with Gasteiger partial charge >= 0.3 is 0 Å². The summed E-state index contributed by atoms with van der Waals surface area (Å²) in [6.45, 7) is 2.29. The van der Waals surface area contributed by atoms with E-state index in [4.69, 9.17) is 4.74 Å². The molecular weight excluding hydrogens is 456 g/mol. The van der Waals surface area contributed by atoms with Crippen LogP contribution in [0.2, 0.25) is 0 Å². The van der Waals surface area contributed by atoms with Gasteiger partial charge in [0.15, 0.2) is 5.78 Å². The molecule has 1 aliphatic carbocycles. The second-order valence-corrected chi connectivity index (χ2v) is 10.6. The van der Waals surface area contributed by atoms with Crippen LogP contribution in [0.4, 0.5) is 5.69 Å². The molecule has 0 amide bonds. The average Bonchev–Trinajstić information content (AvgIpc) is 2.82. The van der Waals surface area contributed by atoms with Crippen LogP contribution in [0, 0.1) is 0 Å². The molecule has 3 rings (SSSR count). The molecule has 0 heterocycles. The van der Waals surface area contributed by atoms with Gasteiger partial charge in [0.2, 0.25) is 10.0 Å². The lowest BCUT2D eigenvalue weighted by molar-refractivity contribution is 0.0987. The SMILES string of the molecule is CCC(=O)c1ccc(C2CCC(NC[C@H](O)COc3ccc(O)c(NS(C)(=O)=O)c3)CC2)cc1. The molecule has 0 bridgehead atoms. The lowest BCUT2D eigenvalue weighted by Crippen LogP contribution is -2.39. The Morgan fingerprint density at radius 3 is 2.41 bits per heavy atom. The first-order chi connectivity index (χ1) is 16.1. The van der Waals surface area contributed by atoms with Gasteiger partial charge in [-0.3, -0.25) is 9.52 Å². The lowest BCUT2D eigenvalue weighted by Gasteiger charge is -2.30. The number of ether oxygens (including phenoxy) is 1. The fraction of sp³-hybridized carbons (Fsp3) is 0.480. The van der Waals surface area contributed by atoms with Crippen LogP contribution in [-0.4, -0.2) is 56.0 Å². The quantitative estimate of drug-likeness (QED) is 0.281. The van der Waals surface area contributed by atoms with E-state index in [9.17, 15) is 23.4 Å². The average molecular weight is 491 g/mol. The molecular formula is C25H34N2O6S. The van der Waals surface area contributed by atoms with Crippen LogP contribution in [0.3, 0.4) is 0 Å². The van der Waals surface area contributed by atoms with E-state index in [0.717, 1.165) is 37.5 Å². The number of hydrogen-bond acceptors (Lipinski definition) is 7. The summed E-state index contributed by atoms with van der Waals surface area (Å²) in [5.41, 5.74) is 2.07. The molecule has 34 heavy (non-hydrogen) atoms. The number of Topliss-reactive ketones (excluding diaryl/α,β-unsaturated/α-hetero) is 1. The maximum atomic E-state index is 11.8. The van der Waals surface area contributed by atoms with Crippen LogP contribution >= 0.6 is 0 Å². The van der Waals surface area contributed by atoms with Gasteiger partial charge < -0.3 is 20.3 Å². The Morgan fingerprint density at radius 1 is 1.12 bits per heavy atom. The van der Waals surface area contributed by atoms with Gasteiger partial charge in [0.1, 0.15) is 24.2 Å². The molecule has 1 fully saturated rings. The summed E-state index contributed by atoms with van der Waals surface area (Å²) in [6, 6.07) is 12.5. The van der Waals surface area contributed by atoms with Crippen LogP contribution in [0.15, 0.2) is 42.5 Å². The molecule has 8 nitrogen and oxygen atoms in total. The Labute approximate surface area is 201 Å². The molecule has 1 aliphatic rings. The summed E-state index contributed by atoms with van der Waals surface area (Å²) in [7, 11) is -3.54. The van der Waals surface area contributed by atoms with Gasteiger partial charge in [-0.2, -0.15) is 0 Å². The van der Waals surface area contributed by atoms with E-state index in [0.29, 0.717) is 30.7 Å². The molecule has 186 valence electrons. The fourth-order valence-corrected chi connectivity index (χ4v) is 4.78. The van der Waals surface area contributed by atoms with E-state index in [1.165, 1.54) is 23.8 Å². The minimum absolute atomic E-state index is 0.0241. The van der Waals surface area contributed by atoms with Crippen LogP contribution in [0.25, 0.3) is 0 Å². The fourth-order valence-electron chi connectivity index (χ4n) is 4.22. The van der Waals surface area contributed by atoms with Gasteiger partial charge in [-0.1, -0.05) is 31.2 Å². The summed E-state index contributed by atoms with van der Waals surface area (Å²) in [4.78, 5) is 11.8. The zero-order valence-electron chi connectivity index (χ0n) is 19.7. The van der Waals surface area contributed by atoms with Crippen LogP contribution in [0.5, 0.6) is 11.5 Å². The maximum Gasteiger partial charge on any atom is 0.229 e.